The van der Waals surface area contributed by atoms with E-state index in [1.807, 2.05) is 11.3 Å². The molecule has 0 amide bonds. The Morgan fingerprint density at radius 2 is 2.43 bits per heavy atom. The molecule has 3 heteroatoms. The second kappa shape index (κ2) is 3.09. The Balaban J connectivity index is 2.12. The van der Waals surface area contributed by atoms with Crippen molar-refractivity contribution in [3.05, 3.63) is 22.5 Å². The third-order valence-electron chi connectivity index (χ3n) is 2.87. The first kappa shape index (κ1) is 8.48. The van der Waals surface area contributed by atoms with Gasteiger partial charge in [0, 0.05) is 16.8 Å². The van der Waals surface area contributed by atoms with Crippen LogP contribution < -0.4 is 0 Å². The van der Waals surface area contributed by atoms with Gasteiger partial charge in [-0.15, -0.1) is 11.3 Å². The minimum Gasteiger partial charge on any atom is -0.294 e. The summed E-state index contributed by atoms with van der Waals surface area (Å²) < 4.78 is 2.32. The van der Waals surface area contributed by atoms with Crippen molar-refractivity contribution >= 4 is 16.3 Å². The number of aryl methyl sites for hydroxylation is 3. The summed E-state index contributed by atoms with van der Waals surface area (Å²) in [5.41, 5.74) is 2.79. The first-order chi connectivity index (χ1) is 6.88. The molecular weight excluding hydrogens is 192 g/mol. The molecule has 14 heavy (non-hydrogen) atoms. The largest absolute Gasteiger partial charge is 0.294 e. The van der Waals surface area contributed by atoms with E-state index in [0.29, 0.717) is 0 Å². The van der Waals surface area contributed by atoms with E-state index >= 15 is 0 Å². The molecule has 0 unspecified atom stereocenters. The number of nitrogens with zero attached hydrogens (tertiary/aromatic N) is 2. The molecule has 2 nitrogen and oxygen atoms in total. The highest BCUT2D eigenvalue weighted by Crippen LogP contribution is 2.30. The van der Waals surface area contributed by atoms with Gasteiger partial charge in [0.1, 0.15) is 0 Å². The van der Waals surface area contributed by atoms with Crippen LogP contribution in [0, 0.1) is 0 Å². The van der Waals surface area contributed by atoms with Gasteiger partial charge in [-0.1, -0.05) is 13.3 Å². The first-order valence-electron chi connectivity index (χ1n) is 5.37. The van der Waals surface area contributed by atoms with E-state index in [2.05, 4.69) is 22.5 Å². The number of hydrogen-bond donors (Lipinski definition) is 0. The molecular formula is C11H14N2S. The number of aromatic nitrogens is 2. The molecule has 1 aliphatic rings. The highest BCUT2D eigenvalue weighted by atomic mass is 32.1. The molecule has 0 spiro atoms. The maximum Gasteiger partial charge on any atom is 0.194 e. The molecule has 0 bridgehead atoms. The maximum atomic E-state index is 4.65. The SMILES string of the molecule is CCCc1cn2c3c(sc2n1)CCC3. The molecule has 1 aliphatic carbocycles. The second-order valence-electron chi connectivity index (χ2n) is 3.96. The minimum absolute atomic E-state index is 1.11. The monoisotopic (exact) mass is 206 g/mol. The molecule has 0 saturated carbocycles. The van der Waals surface area contributed by atoms with Crippen molar-refractivity contribution < 1.29 is 0 Å². The number of hydrogen-bond acceptors (Lipinski definition) is 2. The molecule has 2 heterocycles. The van der Waals surface area contributed by atoms with Crippen molar-refractivity contribution in [3.8, 4) is 0 Å². The Morgan fingerprint density at radius 1 is 1.50 bits per heavy atom. The Labute approximate surface area is 87.6 Å². The Kier molecular flexibility index (Phi) is 1.87. The van der Waals surface area contributed by atoms with Gasteiger partial charge in [-0.3, -0.25) is 4.40 Å². The van der Waals surface area contributed by atoms with Gasteiger partial charge in [-0.2, -0.15) is 0 Å². The van der Waals surface area contributed by atoms with Crippen LogP contribution in [-0.2, 0) is 19.3 Å². The van der Waals surface area contributed by atoms with E-state index < -0.39 is 0 Å². The summed E-state index contributed by atoms with van der Waals surface area (Å²) in [5.74, 6) is 0. The molecule has 0 atom stereocenters. The fourth-order valence-corrected chi connectivity index (χ4v) is 3.44. The molecule has 0 saturated heterocycles. The van der Waals surface area contributed by atoms with E-state index in [-0.39, 0.29) is 0 Å². The van der Waals surface area contributed by atoms with Crippen molar-refractivity contribution in [2.45, 2.75) is 39.0 Å². The van der Waals surface area contributed by atoms with Gasteiger partial charge < -0.3 is 0 Å². The van der Waals surface area contributed by atoms with Gasteiger partial charge in [-0.05, 0) is 25.7 Å². The first-order valence-corrected chi connectivity index (χ1v) is 6.18. The zero-order valence-electron chi connectivity index (χ0n) is 8.42. The summed E-state index contributed by atoms with van der Waals surface area (Å²) in [5, 5.41) is 0. The lowest BCUT2D eigenvalue weighted by atomic mass is 10.3. The van der Waals surface area contributed by atoms with Crippen LogP contribution in [0.1, 0.15) is 36.0 Å². The van der Waals surface area contributed by atoms with Gasteiger partial charge in [0.25, 0.3) is 0 Å². The van der Waals surface area contributed by atoms with Crippen LogP contribution in [0.15, 0.2) is 6.20 Å². The van der Waals surface area contributed by atoms with Crippen molar-refractivity contribution in [2.75, 3.05) is 0 Å². The molecule has 0 N–H and O–H groups in total. The van der Waals surface area contributed by atoms with Gasteiger partial charge in [0.2, 0.25) is 0 Å². The lowest BCUT2D eigenvalue weighted by molar-refractivity contribution is 0.880. The van der Waals surface area contributed by atoms with Crippen LogP contribution in [-0.4, -0.2) is 9.38 Å². The summed E-state index contributed by atoms with van der Waals surface area (Å²) >= 11 is 1.88. The predicted molar refractivity (Wildman–Crippen MR) is 59.1 cm³/mol. The minimum atomic E-state index is 1.11. The molecule has 0 radical (unpaired) electrons. The van der Waals surface area contributed by atoms with Crippen molar-refractivity contribution in [2.24, 2.45) is 0 Å². The average Bonchev–Trinajstić information content (AvgIpc) is 2.75. The maximum absolute atomic E-state index is 4.65. The number of imidazole rings is 1. The average molecular weight is 206 g/mol. The van der Waals surface area contributed by atoms with E-state index in [4.69, 9.17) is 0 Å². The smallest absolute Gasteiger partial charge is 0.194 e. The Morgan fingerprint density at radius 3 is 3.29 bits per heavy atom. The number of rotatable bonds is 2. The van der Waals surface area contributed by atoms with Gasteiger partial charge >= 0.3 is 0 Å². The summed E-state index contributed by atoms with van der Waals surface area (Å²) in [6.45, 7) is 2.21. The van der Waals surface area contributed by atoms with E-state index in [1.54, 1.807) is 4.88 Å². The lowest BCUT2D eigenvalue weighted by Crippen LogP contribution is -1.86. The fourth-order valence-electron chi connectivity index (χ4n) is 2.23. The van der Waals surface area contributed by atoms with E-state index in [9.17, 15) is 0 Å². The van der Waals surface area contributed by atoms with Crippen LogP contribution >= 0.6 is 11.3 Å². The summed E-state index contributed by atoms with van der Waals surface area (Å²) in [6.07, 6.45) is 8.39. The normalized spacial score (nSPS) is 15.2. The number of thiazole rings is 1. The molecule has 3 rings (SSSR count). The third-order valence-corrected chi connectivity index (χ3v) is 4.03. The Hall–Kier alpha value is -0.830. The fraction of sp³-hybridized carbons (Fsp3) is 0.545. The highest BCUT2D eigenvalue weighted by Gasteiger charge is 2.18. The predicted octanol–water partition coefficient (Wildman–Crippen LogP) is 2.84. The van der Waals surface area contributed by atoms with Crippen LogP contribution in [0.3, 0.4) is 0 Å². The van der Waals surface area contributed by atoms with Crippen LogP contribution in [0.5, 0.6) is 0 Å². The lowest BCUT2D eigenvalue weighted by Gasteiger charge is -1.90. The quantitative estimate of drug-likeness (QED) is 0.738. The zero-order chi connectivity index (χ0) is 9.54. The zero-order valence-corrected chi connectivity index (χ0v) is 9.23. The van der Waals surface area contributed by atoms with Crippen LogP contribution in [0.2, 0.25) is 0 Å². The summed E-state index contributed by atoms with van der Waals surface area (Å²) in [4.78, 5) is 7.42. The summed E-state index contributed by atoms with van der Waals surface area (Å²) in [7, 11) is 0. The van der Waals surface area contributed by atoms with Crippen LogP contribution in [0.25, 0.3) is 4.96 Å². The van der Waals surface area contributed by atoms with Gasteiger partial charge in [0.15, 0.2) is 4.96 Å². The van der Waals surface area contributed by atoms with Crippen LogP contribution in [0.4, 0.5) is 0 Å². The van der Waals surface area contributed by atoms with Crippen molar-refractivity contribution in [1.82, 2.24) is 9.38 Å². The molecule has 2 aromatic rings. The molecule has 0 aromatic carbocycles. The second-order valence-corrected chi connectivity index (χ2v) is 5.02. The Bertz CT molecular complexity index is 467. The van der Waals surface area contributed by atoms with Gasteiger partial charge in [0.05, 0.1) is 5.69 Å². The molecule has 2 aromatic heterocycles. The highest BCUT2D eigenvalue weighted by molar-refractivity contribution is 7.17. The van der Waals surface area contributed by atoms with E-state index in [1.165, 1.54) is 42.0 Å². The van der Waals surface area contributed by atoms with Crippen molar-refractivity contribution in [1.29, 1.82) is 0 Å². The third kappa shape index (κ3) is 1.12. The molecule has 0 aliphatic heterocycles. The van der Waals surface area contributed by atoms with Gasteiger partial charge in [-0.25, -0.2) is 4.98 Å². The number of fused-ring (bicyclic) bond motifs is 3. The van der Waals surface area contributed by atoms with E-state index in [0.717, 1.165) is 6.42 Å². The topological polar surface area (TPSA) is 17.3 Å². The van der Waals surface area contributed by atoms with Crippen molar-refractivity contribution in [3.63, 3.8) is 0 Å². The summed E-state index contributed by atoms with van der Waals surface area (Å²) in [6, 6.07) is 0. The molecule has 0 fully saturated rings. The standard InChI is InChI=1S/C11H14N2S/c1-2-4-8-7-13-9-5-3-6-10(9)14-11(13)12-8/h7H,2-6H2,1H3. The molecule has 74 valence electrons.